The molecule has 0 radical (unpaired) electrons. The lowest BCUT2D eigenvalue weighted by Gasteiger charge is -2.19. The van der Waals surface area contributed by atoms with Crippen molar-refractivity contribution in [1.82, 2.24) is 14.4 Å². The summed E-state index contributed by atoms with van der Waals surface area (Å²) in [6, 6.07) is 16.5. The van der Waals surface area contributed by atoms with Gasteiger partial charge in [-0.05, 0) is 35.6 Å². The molecule has 28 heavy (non-hydrogen) atoms. The third-order valence-electron chi connectivity index (χ3n) is 5.30. The molecular weight excluding hydrogens is 342 g/mol. The third kappa shape index (κ3) is 4.35. The maximum atomic E-state index is 4.93. The normalized spacial score (nSPS) is 12.0. The smallest absolute Gasteiger partial charge is 0.148 e. The van der Waals surface area contributed by atoms with Crippen molar-refractivity contribution in [2.75, 3.05) is 0 Å². The first-order valence-corrected chi connectivity index (χ1v) is 10.5. The summed E-state index contributed by atoms with van der Waals surface area (Å²) in [4.78, 5) is 9.79. The highest BCUT2D eigenvalue weighted by Gasteiger charge is 2.18. The van der Waals surface area contributed by atoms with Crippen LogP contribution in [0.2, 0.25) is 0 Å². The fourth-order valence-electron chi connectivity index (χ4n) is 3.30. The Morgan fingerprint density at radius 1 is 0.857 bits per heavy atom. The molecule has 148 valence electrons. The Balaban J connectivity index is 0.000000330. The van der Waals surface area contributed by atoms with Crippen molar-refractivity contribution in [3.05, 3.63) is 54.4 Å². The van der Waals surface area contributed by atoms with E-state index >= 15 is 0 Å². The predicted molar refractivity (Wildman–Crippen MR) is 121 cm³/mol. The minimum atomic E-state index is 0.174. The molecule has 0 saturated carbocycles. The number of hydrogen-bond acceptors (Lipinski definition) is 2. The molecule has 3 heteroatoms. The highest BCUT2D eigenvalue weighted by molar-refractivity contribution is 5.96. The molecule has 0 amide bonds. The summed E-state index contributed by atoms with van der Waals surface area (Å²) < 4.78 is 2.23. The molecular formula is C25H33N3. The average Bonchev–Trinajstić information content (AvgIpc) is 3.07. The van der Waals surface area contributed by atoms with E-state index in [9.17, 15) is 0 Å². The van der Waals surface area contributed by atoms with Crippen LogP contribution in [0.1, 0.15) is 60.2 Å². The van der Waals surface area contributed by atoms with Gasteiger partial charge in [0.2, 0.25) is 0 Å². The third-order valence-corrected chi connectivity index (χ3v) is 5.30. The number of hydrogen-bond donors (Lipinski definition) is 0. The maximum absolute atomic E-state index is 4.93. The molecule has 4 aromatic rings. The number of aromatic nitrogens is 3. The zero-order valence-electron chi connectivity index (χ0n) is 18.2. The summed E-state index contributed by atoms with van der Waals surface area (Å²) in [6.07, 6.45) is 3.57. The highest BCUT2D eigenvalue weighted by Crippen LogP contribution is 2.28. The zero-order valence-corrected chi connectivity index (χ0v) is 18.2. The molecule has 0 atom stereocenters. The first-order valence-electron chi connectivity index (χ1n) is 10.5. The Kier molecular flexibility index (Phi) is 6.02. The first-order chi connectivity index (χ1) is 13.3. The van der Waals surface area contributed by atoms with Gasteiger partial charge in [0, 0.05) is 11.8 Å². The van der Waals surface area contributed by atoms with E-state index < -0.39 is 0 Å². The average molecular weight is 376 g/mol. The van der Waals surface area contributed by atoms with Crippen molar-refractivity contribution in [2.45, 2.75) is 60.8 Å². The minimum Gasteiger partial charge on any atom is -0.280 e. The van der Waals surface area contributed by atoms with Gasteiger partial charge in [-0.1, -0.05) is 78.6 Å². The van der Waals surface area contributed by atoms with Gasteiger partial charge in [0.25, 0.3) is 0 Å². The number of imidazole rings is 1. The molecule has 0 bridgehead atoms. The van der Waals surface area contributed by atoms with Crippen LogP contribution in [0.25, 0.3) is 27.6 Å². The monoisotopic (exact) mass is 375 g/mol. The molecule has 2 aromatic carbocycles. The van der Waals surface area contributed by atoms with Gasteiger partial charge in [-0.25, -0.2) is 9.97 Å². The second-order valence-electron chi connectivity index (χ2n) is 8.96. The SMILES string of the molecule is CC(C)(C)Cc1nc2ccccc2c2nc3ccccc3n12.CCC(C)CC. The molecule has 2 aromatic heterocycles. The summed E-state index contributed by atoms with van der Waals surface area (Å²) >= 11 is 0. The molecule has 2 heterocycles. The largest absolute Gasteiger partial charge is 0.280 e. The van der Waals surface area contributed by atoms with Crippen LogP contribution < -0.4 is 0 Å². The molecule has 0 spiro atoms. The number of benzene rings is 2. The quantitative estimate of drug-likeness (QED) is 0.383. The standard InChI is InChI=1S/C19H19N3.C6H14/c1-19(2,3)12-17-20-14-9-5-4-8-13(14)18-21-15-10-6-7-11-16(15)22(17)18;1-4-6(3)5-2/h4-11H,12H2,1-3H3;6H,4-5H2,1-3H3. The second kappa shape index (κ2) is 8.30. The van der Waals surface area contributed by atoms with Gasteiger partial charge in [-0.15, -0.1) is 0 Å². The topological polar surface area (TPSA) is 30.2 Å². The number of fused-ring (bicyclic) bond motifs is 5. The molecule has 0 saturated heterocycles. The van der Waals surface area contributed by atoms with E-state index in [1.54, 1.807) is 0 Å². The molecule has 0 fully saturated rings. The lowest BCUT2D eigenvalue weighted by Crippen LogP contribution is -2.14. The van der Waals surface area contributed by atoms with Crippen molar-refractivity contribution in [3.63, 3.8) is 0 Å². The molecule has 0 unspecified atom stereocenters. The van der Waals surface area contributed by atoms with Crippen LogP contribution in [0.15, 0.2) is 48.5 Å². The van der Waals surface area contributed by atoms with E-state index in [2.05, 4.69) is 76.3 Å². The van der Waals surface area contributed by atoms with E-state index in [4.69, 9.17) is 9.97 Å². The van der Waals surface area contributed by atoms with Crippen LogP contribution in [0.3, 0.4) is 0 Å². The summed E-state index contributed by atoms with van der Waals surface area (Å²) in [7, 11) is 0. The Bertz CT molecular complexity index is 1070. The summed E-state index contributed by atoms with van der Waals surface area (Å²) in [5, 5.41) is 1.11. The van der Waals surface area contributed by atoms with E-state index in [0.29, 0.717) is 0 Å². The Hall–Kier alpha value is -2.42. The van der Waals surface area contributed by atoms with E-state index in [1.807, 2.05) is 18.2 Å². The number of rotatable bonds is 3. The number of para-hydroxylation sites is 3. The first kappa shape index (κ1) is 20.3. The molecule has 0 N–H and O–H groups in total. The van der Waals surface area contributed by atoms with Crippen molar-refractivity contribution in [3.8, 4) is 0 Å². The van der Waals surface area contributed by atoms with Gasteiger partial charge in [-0.3, -0.25) is 4.40 Å². The van der Waals surface area contributed by atoms with Gasteiger partial charge in [-0.2, -0.15) is 0 Å². The molecule has 0 aliphatic rings. The Labute approximate surface area is 168 Å². The fraction of sp³-hybridized carbons (Fsp3) is 0.440. The van der Waals surface area contributed by atoms with Gasteiger partial charge in [0.05, 0.1) is 16.6 Å². The van der Waals surface area contributed by atoms with E-state index in [0.717, 1.165) is 45.7 Å². The summed E-state index contributed by atoms with van der Waals surface area (Å²) in [5.41, 5.74) is 4.36. The molecule has 0 aliphatic carbocycles. The van der Waals surface area contributed by atoms with Crippen LogP contribution in [0, 0.1) is 11.3 Å². The zero-order chi connectivity index (χ0) is 20.3. The summed E-state index contributed by atoms with van der Waals surface area (Å²) in [6.45, 7) is 13.5. The van der Waals surface area contributed by atoms with E-state index in [1.165, 1.54) is 12.8 Å². The van der Waals surface area contributed by atoms with Crippen molar-refractivity contribution in [1.29, 1.82) is 0 Å². The highest BCUT2D eigenvalue weighted by atomic mass is 15.1. The molecule has 3 nitrogen and oxygen atoms in total. The van der Waals surface area contributed by atoms with Crippen LogP contribution in [0.4, 0.5) is 0 Å². The van der Waals surface area contributed by atoms with Crippen LogP contribution >= 0.6 is 0 Å². The van der Waals surface area contributed by atoms with Gasteiger partial charge in [0.15, 0.2) is 0 Å². The summed E-state index contributed by atoms with van der Waals surface area (Å²) in [5.74, 6) is 2.01. The second-order valence-corrected chi connectivity index (χ2v) is 8.96. The van der Waals surface area contributed by atoms with Crippen LogP contribution in [-0.2, 0) is 6.42 Å². The van der Waals surface area contributed by atoms with Crippen molar-refractivity contribution in [2.24, 2.45) is 11.3 Å². The van der Waals surface area contributed by atoms with Gasteiger partial charge in [0.1, 0.15) is 11.5 Å². The maximum Gasteiger partial charge on any atom is 0.148 e. The lowest BCUT2D eigenvalue weighted by molar-refractivity contribution is 0.400. The fourth-order valence-corrected chi connectivity index (χ4v) is 3.30. The Morgan fingerprint density at radius 3 is 2.07 bits per heavy atom. The molecule has 4 rings (SSSR count). The van der Waals surface area contributed by atoms with Gasteiger partial charge >= 0.3 is 0 Å². The number of nitrogens with zero attached hydrogens (tertiary/aromatic N) is 3. The van der Waals surface area contributed by atoms with Crippen molar-refractivity contribution >= 4 is 27.6 Å². The predicted octanol–water partition coefficient (Wildman–Crippen LogP) is 7.07. The Morgan fingerprint density at radius 2 is 1.46 bits per heavy atom. The minimum absolute atomic E-state index is 0.174. The lowest BCUT2D eigenvalue weighted by atomic mass is 9.92. The van der Waals surface area contributed by atoms with Crippen LogP contribution in [-0.4, -0.2) is 14.4 Å². The van der Waals surface area contributed by atoms with E-state index in [-0.39, 0.29) is 5.41 Å². The van der Waals surface area contributed by atoms with Gasteiger partial charge < -0.3 is 0 Å². The molecule has 0 aliphatic heterocycles. The van der Waals surface area contributed by atoms with Crippen molar-refractivity contribution < 1.29 is 0 Å². The van der Waals surface area contributed by atoms with Crippen LogP contribution in [0.5, 0.6) is 0 Å².